The van der Waals surface area contributed by atoms with Crippen LogP contribution >= 0.6 is 0 Å². The van der Waals surface area contributed by atoms with Crippen LogP contribution in [0.5, 0.6) is 5.75 Å². The molecule has 7 heteroatoms. The van der Waals surface area contributed by atoms with Crippen molar-refractivity contribution in [1.82, 2.24) is 0 Å². The third-order valence-corrected chi connectivity index (χ3v) is 5.44. The van der Waals surface area contributed by atoms with Crippen LogP contribution in [0.4, 0.5) is 0 Å². The van der Waals surface area contributed by atoms with Crippen molar-refractivity contribution < 1.29 is 23.1 Å². The number of benzene rings is 2. The van der Waals surface area contributed by atoms with E-state index in [4.69, 9.17) is 10.5 Å². The van der Waals surface area contributed by atoms with Crippen molar-refractivity contribution in [2.45, 2.75) is 29.6 Å². The second kappa shape index (κ2) is 8.13. The highest BCUT2D eigenvalue weighted by Gasteiger charge is 2.20. The molecule has 0 spiro atoms. The Bertz CT molecular complexity index is 844. The third kappa shape index (κ3) is 4.58. The molecule has 2 aromatic carbocycles. The monoisotopic (exact) mass is 363 g/mol. The van der Waals surface area contributed by atoms with Crippen LogP contribution in [-0.2, 0) is 32.2 Å². The number of phenolic OH excluding ortho intramolecular Hbond substituents is 1. The summed E-state index contributed by atoms with van der Waals surface area (Å²) in [5, 5.41) is 9.87. The molecule has 3 N–H and O–H groups in total. The number of esters is 1. The number of nitrogens with two attached hydrogens (primary N) is 1. The second-order valence-electron chi connectivity index (χ2n) is 5.46. The minimum atomic E-state index is -3.75. The summed E-state index contributed by atoms with van der Waals surface area (Å²) in [4.78, 5) is 11.8. The van der Waals surface area contributed by atoms with Crippen molar-refractivity contribution in [3.63, 3.8) is 0 Å². The van der Waals surface area contributed by atoms with E-state index in [-0.39, 0.29) is 34.1 Å². The molecule has 6 nitrogen and oxygen atoms in total. The molecule has 0 aliphatic carbocycles. The lowest BCUT2D eigenvalue weighted by Gasteiger charge is -2.09. The average Bonchev–Trinajstić information content (AvgIpc) is 2.58. The summed E-state index contributed by atoms with van der Waals surface area (Å²) in [7, 11) is -3.75. The number of hydrogen-bond acceptors (Lipinski definition) is 6. The van der Waals surface area contributed by atoms with Gasteiger partial charge in [-0.3, -0.25) is 4.79 Å². The zero-order valence-electron chi connectivity index (χ0n) is 13.9. The topological polar surface area (TPSA) is 107 Å². The van der Waals surface area contributed by atoms with E-state index in [0.29, 0.717) is 13.0 Å². The quantitative estimate of drug-likeness (QED) is 0.727. The Kier molecular flexibility index (Phi) is 6.17. The van der Waals surface area contributed by atoms with Gasteiger partial charge in [0.15, 0.2) is 0 Å². The molecule has 0 aliphatic heterocycles. The summed E-state index contributed by atoms with van der Waals surface area (Å²) in [6, 6.07) is 10.4. The highest BCUT2D eigenvalue weighted by Crippen LogP contribution is 2.27. The van der Waals surface area contributed by atoms with Gasteiger partial charge in [0.1, 0.15) is 5.75 Å². The van der Waals surface area contributed by atoms with E-state index in [1.807, 2.05) is 0 Å². The van der Waals surface area contributed by atoms with E-state index in [2.05, 4.69) is 0 Å². The molecule has 25 heavy (non-hydrogen) atoms. The van der Waals surface area contributed by atoms with E-state index in [0.717, 1.165) is 5.56 Å². The summed E-state index contributed by atoms with van der Waals surface area (Å²) >= 11 is 0. The maximum absolute atomic E-state index is 12.8. The standard InChI is InChI=1S/C18H21NO5S/c1-2-24-18(21)12-14-11-16(7-8-17(14)20)25(22,23)15-5-3-13(4-6-15)9-10-19/h3-8,11,20H,2,9-10,12,19H2,1H3. The molecular formula is C18H21NO5S. The predicted molar refractivity (Wildman–Crippen MR) is 93.1 cm³/mol. The van der Waals surface area contributed by atoms with Crippen LogP contribution in [0.2, 0.25) is 0 Å². The molecule has 0 fully saturated rings. The minimum Gasteiger partial charge on any atom is -0.508 e. The van der Waals surface area contributed by atoms with Gasteiger partial charge in [-0.15, -0.1) is 0 Å². The first kappa shape index (κ1) is 19.0. The molecule has 0 unspecified atom stereocenters. The van der Waals surface area contributed by atoms with Crippen LogP contribution in [0.25, 0.3) is 0 Å². The Hall–Kier alpha value is -2.38. The van der Waals surface area contributed by atoms with E-state index in [9.17, 15) is 18.3 Å². The molecule has 0 radical (unpaired) electrons. The van der Waals surface area contributed by atoms with E-state index < -0.39 is 15.8 Å². The fourth-order valence-corrected chi connectivity index (χ4v) is 3.69. The molecule has 134 valence electrons. The van der Waals surface area contributed by atoms with Crippen LogP contribution in [0, 0.1) is 0 Å². The summed E-state index contributed by atoms with van der Waals surface area (Å²) in [5.41, 5.74) is 6.65. The van der Waals surface area contributed by atoms with Gasteiger partial charge in [-0.1, -0.05) is 12.1 Å². The molecular weight excluding hydrogens is 342 g/mol. The smallest absolute Gasteiger partial charge is 0.310 e. The SMILES string of the molecule is CCOC(=O)Cc1cc(S(=O)(=O)c2ccc(CCN)cc2)ccc1O. The molecule has 0 saturated heterocycles. The van der Waals surface area contributed by atoms with Crippen LogP contribution in [0.15, 0.2) is 52.3 Å². The minimum absolute atomic E-state index is 0.0103. The van der Waals surface area contributed by atoms with Crippen LogP contribution in [-0.4, -0.2) is 32.6 Å². The highest BCUT2D eigenvalue weighted by atomic mass is 32.2. The Labute approximate surface area is 147 Å². The van der Waals surface area contributed by atoms with Gasteiger partial charge in [0.2, 0.25) is 9.84 Å². The molecule has 0 saturated carbocycles. The van der Waals surface area contributed by atoms with Crippen molar-refractivity contribution >= 4 is 15.8 Å². The lowest BCUT2D eigenvalue weighted by atomic mass is 10.1. The van der Waals surface area contributed by atoms with Crippen LogP contribution in [0.3, 0.4) is 0 Å². The summed E-state index contributed by atoms with van der Waals surface area (Å²) in [6.07, 6.45) is 0.474. The number of aromatic hydroxyl groups is 1. The van der Waals surface area contributed by atoms with Gasteiger partial charge in [0.25, 0.3) is 0 Å². The molecule has 0 bridgehead atoms. The van der Waals surface area contributed by atoms with Crippen LogP contribution in [0.1, 0.15) is 18.1 Å². The Morgan fingerprint density at radius 1 is 1.12 bits per heavy atom. The first-order chi connectivity index (χ1) is 11.9. The maximum atomic E-state index is 12.8. The Balaban J connectivity index is 2.34. The first-order valence-corrected chi connectivity index (χ1v) is 9.38. The number of carbonyl (C=O) groups is 1. The number of sulfone groups is 1. The molecule has 0 aliphatic rings. The third-order valence-electron chi connectivity index (χ3n) is 3.67. The number of rotatable bonds is 7. The van der Waals surface area contributed by atoms with E-state index in [1.54, 1.807) is 19.1 Å². The van der Waals surface area contributed by atoms with Gasteiger partial charge in [-0.2, -0.15) is 0 Å². The first-order valence-electron chi connectivity index (χ1n) is 7.90. The van der Waals surface area contributed by atoms with E-state index in [1.165, 1.54) is 30.3 Å². The van der Waals surface area contributed by atoms with Crippen molar-refractivity contribution in [2.75, 3.05) is 13.2 Å². The Morgan fingerprint density at radius 2 is 1.76 bits per heavy atom. The number of hydrogen-bond donors (Lipinski definition) is 2. The number of ether oxygens (including phenoxy) is 1. The maximum Gasteiger partial charge on any atom is 0.310 e. The van der Waals surface area contributed by atoms with Crippen molar-refractivity contribution in [2.24, 2.45) is 5.73 Å². The number of phenols is 1. The fraction of sp³-hybridized carbons (Fsp3) is 0.278. The van der Waals surface area contributed by atoms with Gasteiger partial charge < -0.3 is 15.6 Å². The van der Waals surface area contributed by atoms with Gasteiger partial charge in [0.05, 0.1) is 22.8 Å². The lowest BCUT2D eigenvalue weighted by molar-refractivity contribution is -0.142. The Morgan fingerprint density at radius 3 is 2.36 bits per heavy atom. The molecule has 0 heterocycles. The highest BCUT2D eigenvalue weighted by molar-refractivity contribution is 7.91. The molecule has 2 aromatic rings. The zero-order valence-corrected chi connectivity index (χ0v) is 14.8. The molecule has 0 atom stereocenters. The second-order valence-corrected chi connectivity index (χ2v) is 7.41. The molecule has 0 aromatic heterocycles. The van der Waals surface area contributed by atoms with Gasteiger partial charge in [-0.05, 0) is 55.8 Å². The lowest BCUT2D eigenvalue weighted by Crippen LogP contribution is -2.09. The largest absolute Gasteiger partial charge is 0.508 e. The number of carbonyl (C=O) groups excluding carboxylic acids is 1. The average molecular weight is 363 g/mol. The molecule has 0 amide bonds. The summed E-state index contributed by atoms with van der Waals surface area (Å²) in [6.45, 7) is 2.38. The summed E-state index contributed by atoms with van der Waals surface area (Å²) in [5.74, 6) is -0.677. The van der Waals surface area contributed by atoms with Crippen molar-refractivity contribution in [1.29, 1.82) is 0 Å². The normalized spacial score (nSPS) is 11.3. The molecule has 2 rings (SSSR count). The van der Waals surface area contributed by atoms with Crippen LogP contribution < -0.4 is 5.73 Å². The van der Waals surface area contributed by atoms with E-state index >= 15 is 0 Å². The summed E-state index contributed by atoms with van der Waals surface area (Å²) < 4.78 is 30.3. The van der Waals surface area contributed by atoms with Crippen molar-refractivity contribution in [3.05, 3.63) is 53.6 Å². The van der Waals surface area contributed by atoms with Crippen molar-refractivity contribution in [3.8, 4) is 5.75 Å². The zero-order chi connectivity index (χ0) is 18.4. The van der Waals surface area contributed by atoms with Gasteiger partial charge >= 0.3 is 5.97 Å². The van der Waals surface area contributed by atoms with Gasteiger partial charge in [0, 0.05) is 5.56 Å². The predicted octanol–water partition coefficient (Wildman–Crippen LogP) is 1.83. The fourth-order valence-electron chi connectivity index (χ4n) is 2.38. The van der Waals surface area contributed by atoms with Gasteiger partial charge in [-0.25, -0.2) is 8.42 Å².